The number of para-hydroxylation sites is 1. The van der Waals surface area contributed by atoms with Crippen LogP contribution in [0.5, 0.6) is 0 Å². The lowest BCUT2D eigenvalue weighted by Crippen LogP contribution is -2.29. The SMILES string of the molecule is CN1Cc2c(ncn(C)c2=O)N1c1ccccc1. The maximum atomic E-state index is 12.1. The summed E-state index contributed by atoms with van der Waals surface area (Å²) in [4.78, 5) is 16.4. The van der Waals surface area contributed by atoms with Gasteiger partial charge in [-0.25, -0.2) is 9.99 Å². The molecule has 0 unspecified atom stereocenters. The summed E-state index contributed by atoms with van der Waals surface area (Å²) < 4.78 is 1.52. The summed E-state index contributed by atoms with van der Waals surface area (Å²) in [5.74, 6) is 0.729. The number of hydrazine groups is 1. The number of anilines is 2. The highest BCUT2D eigenvalue weighted by atomic mass is 16.1. The Morgan fingerprint density at radius 2 is 1.89 bits per heavy atom. The quantitative estimate of drug-likeness (QED) is 0.755. The maximum Gasteiger partial charge on any atom is 0.259 e. The van der Waals surface area contributed by atoms with Gasteiger partial charge in [-0.05, 0) is 12.1 Å². The second-order valence-electron chi connectivity index (χ2n) is 4.43. The lowest BCUT2D eigenvalue weighted by Gasteiger charge is -2.25. The zero-order valence-electron chi connectivity index (χ0n) is 10.4. The number of hydrogen-bond acceptors (Lipinski definition) is 4. The normalized spacial score (nSPS) is 14.9. The number of fused-ring (bicyclic) bond motifs is 1. The van der Waals surface area contributed by atoms with Gasteiger partial charge in [-0.1, -0.05) is 18.2 Å². The highest BCUT2D eigenvalue weighted by Crippen LogP contribution is 2.32. The number of aromatic nitrogens is 2. The molecule has 18 heavy (non-hydrogen) atoms. The fraction of sp³-hybridized carbons (Fsp3) is 0.231. The van der Waals surface area contributed by atoms with Crippen LogP contribution >= 0.6 is 0 Å². The van der Waals surface area contributed by atoms with Gasteiger partial charge in [0.25, 0.3) is 5.56 Å². The predicted octanol–water partition coefficient (Wildman–Crippen LogP) is 1.28. The summed E-state index contributed by atoms with van der Waals surface area (Å²) in [6, 6.07) is 9.93. The Morgan fingerprint density at radius 3 is 2.61 bits per heavy atom. The molecule has 2 heterocycles. The lowest BCUT2D eigenvalue weighted by atomic mass is 10.3. The van der Waals surface area contributed by atoms with Gasteiger partial charge in [-0.2, -0.15) is 0 Å². The largest absolute Gasteiger partial charge is 0.302 e. The van der Waals surface area contributed by atoms with E-state index >= 15 is 0 Å². The summed E-state index contributed by atoms with van der Waals surface area (Å²) in [6.45, 7) is 0.588. The predicted molar refractivity (Wildman–Crippen MR) is 69.5 cm³/mol. The molecular formula is C13H14N4O. The molecule has 3 rings (SSSR count). The molecule has 0 aliphatic carbocycles. The maximum absolute atomic E-state index is 12.1. The van der Waals surface area contributed by atoms with Gasteiger partial charge in [0, 0.05) is 14.1 Å². The molecule has 1 aliphatic heterocycles. The summed E-state index contributed by atoms with van der Waals surface area (Å²) >= 11 is 0. The van der Waals surface area contributed by atoms with Crippen molar-refractivity contribution in [3.8, 4) is 0 Å². The Balaban J connectivity index is 2.16. The number of aryl methyl sites for hydroxylation is 1. The van der Waals surface area contributed by atoms with Crippen LogP contribution < -0.4 is 10.6 Å². The monoisotopic (exact) mass is 242 g/mol. The van der Waals surface area contributed by atoms with E-state index in [1.54, 1.807) is 13.4 Å². The van der Waals surface area contributed by atoms with Gasteiger partial charge >= 0.3 is 0 Å². The van der Waals surface area contributed by atoms with Gasteiger partial charge in [-0.3, -0.25) is 9.80 Å². The van der Waals surface area contributed by atoms with E-state index in [1.807, 2.05) is 47.4 Å². The molecular weight excluding hydrogens is 228 g/mol. The molecule has 0 atom stereocenters. The van der Waals surface area contributed by atoms with E-state index in [1.165, 1.54) is 4.57 Å². The Bertz CT molecular complexity index is 635. The molecule has 0 spiro atoms. The zero-order chi connectivity index (χ0) is 12.7. The summed E-state index contributed by atoms with van der Waals surface area (Å²) in [6.07, 6.45) is 1.57. The van der Waals surface area contributed by atoms with Gasteiger partial charge in [-0.15, -0.1) is 0 Å². The zero-order valence-corrected chi connectivity index (χ0v) is 10.4. The third-order valence-electron chi connectivity index (χ3n) is 3.13. The molecule has 1 aromatic carbocycles. The molecule has 0 saturated carbocycles. The Morgan fingerprint density at radius 1 is 1.17 bits per heavy atom. The third kappa shape index (κ3) is 1.52. The minimum atomic E-state index is 0.0188. The number of benzene rings is 1. The van der Waals surface area contributed by atoms with Crippen LogP contribution in [-0.4, -0.2) is 21.6 Å². The van der Waals surface area contributed by atoms with Crippen LogP contribution in [0.4, 0.5) is 11.5 Å². The summed E-state index contributed by atoms with van der Waals surface area (Å²) in [7, 11) is 3.68. The molecule has 5 nitrogen and oxygen atoms in total. The topological polar surface area (TPSA) is 41.4 Å². The first-order valence-corrected chi connectivity index (χ1v) is 5.79. The van der Waals surface area contributed by atoms with Crippen molar-refractivity contribution in [1.29, 1.82) is 0 Å². The van der Waals surface area contributed by atoms with E-state index in [4.69, 9.17) is 0 Å². The van der Waals surface area contributed by atoms with E-state index in [-0.39, 0.29) is 5.56 Å². The number of hydrogen-bond donors (Lipinski definition) is 0. The van der Waals surface area contributed by atoms with Gasteiger partial charge in [0.2, 0.25) is 0 Å². The first kappa shape index (κ1) is 11.0. The number of rotatable bonds is 1. The molecule has 0 bridgehead atoms. The molecule has 0 radical (unpaired) electrons. The molecule has 0 saturated heterocycles. The molecule has 0 amide bonds. The molecule has 92 valence electrons. The van der Waals surface area contributed by atoms with Gasteiger partial charge in [0.15, 0.2) is 5.82 Å². The van der Waals surface area contributed by atoms with Crippen molar-refractivity contribution < 1.29 is 0 Å². The second kappa shape index (κ2) is 3.96. The first-order valence-electron chi connectivity index (χ1n) is 5.79. The van der Waals surface area contributed by atoms with E-state index < -0.39 is 0 Å². The van der Waals surface area contributed by atoms with Crippen LogP contribution in [0.2, 0.25) is 0 Å². The Kier molecular flexibility index (Phi) is 2.41. The standard InChI is InChI=1S/C13H14N4O/c1-15-9-14-12-11(13(15)18)8-16(2)17(12)10-6-4-3-5-7-10/h3-7,9H,8H2,1-2H3. The molecule has 5 heteroatoms. The van der Waals surface area contributed by atoms with Crippen LogP contribution in [-0.2, 0) is 13.6 Å². The van der Waals surface area contributed by atoms with Crippen LogP contribution in [0.3, 0.4) is 0 Å². The van der Waals surface area contributed by atoms with Crippen LogP contribution in [0.1, 0.15) is 5.56 Å². The molecule has 2 aromatic rings. The van der Waals surface area contributed by atoms with E-state index in [0.717, 1.165) is 17.1 Å². The molecule has 0 N–H and O–H groups in total. The van der Waals surface area contributed by atoms with Gasteiger partial charge < -0.3 is 4.57 Å². The average molecular weight is 242 g/mol. The smallest absolute Gasteiger partial charge is 0.259 e. The van der Waals surface area contributed by atoms with Gasteiger partial charge in [0.05, 0.1) is 24.1 Å². The minimum absolute atomic E-state index is 0.0188. The minimum Gasteiger partial charge on any atom is -0.302 e. The van der Waals surface area contributed by atoms with Crippen molar-refractivity contribution in [3.63, 3.8) is 0 Å². The highest BCUT2D eigenvalue weighted by molar-refractivity contribution is 5.63. The summed E-state index contributed by atoms with van der Waals surface area (Å²) in [5, 5.41) is 3.96. The molecule has 1 aliphatic rings. The fourth-order valence-corrected chi connectivity index (χ4v) is 2.25. The van der Waals surface area contributed by atoms with Crippen LogP contribution in [0.25, 0.3) is 0 Å². The average Bonchev–Trinajstić information content (AvgIpc) is 2.72. The van der Waals surface area contributed by atoms with Crippen molar-refractivity contribution in [3.05, 3.63) is 52.6 Å². The van der Waals surface area contributed by atoms with E-state index in [9.17, 15) is 4.79 Å². The van der Waals surface area contributed by atoms with Crippen molar-refractivity contribution in [1.82, 2.24) is 14.6 Å². The van der Waals surface area contributed by atoms with Crippen molar-refractivity contribution >= 4 is 11.5 Å². The van der Waals surface area contributed by atoms with Crippen LogP contribution in [0.15, 0.2) is 41.5 Å². The van der Waals surface area contributed by atoms with Crippen molar-refractivity contribution in [2.45, 2.75) is 6.54 Å². The Hall–Kier alpha value is -2.14. The van der Waals surface area contributed by atoms with E-state index in [2.05, 4.69) is 4.98 Å². The fourth-order valence-electron chi connectivity index (χ4n) is 2.25. The first-order chi connectivity index (χ1) is 8.68. The Labute approximate surface area is 105 Å². The van der Waals surface area contributed by atoms with Crippen molar-refractivity contribution in [2.75, 3.05) is 12.1 Å². The summed E-state index contributed by atoms with van der Waals surface area (Å²) in [5.41, 5.74) is 1.77. The van der Waals surface area contributed by atoms with Gasteiger partial charge in [0.1, 0.15) is 0 Å². The highest BCUT2D eigenvalue weighted by Gasteiger charge is 2.29. The lowest BCUT2D eigenvalue weighted by molar-refractivity contribution is 0.359. The van der Waals surface area contributed by atoms with Crippen molar-refractivity contribution in [2.24, 2.45) is 7.05 Å². The molecule has 1 aromatic heterocycles. The number of nitrogens with zero attached hydrogens (tertiary/aromatic N) is 4. The second-order valence-corrected chi connectivity index (χ2v) is 4.43. The molecule has 0 fully saturated rings. The van der Waals surface area contributed by atoms with E-state index in [0.29, 0.717) is 6.54 Å². The third-order valence-corrected chi connectivity index (χ3v) is 3.13. The van der Waals surface area contributed by atoms with Crippen LogP contribution in [0, 0.1) is 0 Å².